The Morgan fingerprint density at radius 3 is 2.59 bits per heavy atom. The fourth-order valence-corrected chi connectivity index (χ4v) is 2.33. The molecule has 0 aliphatic heterocycles. The summed E-state index contributed by atoms with van der Waals surface area (Å²) in [5, 5.41) is 16.0. The minimum Gasteiger partial charge on any atom is -0.392 e. The van der Waals surface area contributed by atoms with Crippen LogP contribution in [0.15, 0.2) is 0 Å². The van der Waals surface area contributed by atoms with Gasteiger partial charge in [0.25, 0.3) is 0 Å². The van der Waals surface area contributed by atoms with Gasteiger partial charge in [0, 0.05) is 19.6 Å². The van der Waals surface area contributed by atoms with Gasteiger partial charge in [-0.25, -0.2) is 0 Å². The number of amides is 1. The van der Waals surface area contributed by atoms with Crippen LogP contribution in [0.5, 0.6) is 0 Å². The molecule has 0 aromatic carbocycles. The molecular weight excluding hydrogens is 216 g/mol. The number of carbonyl (C=O) groups excluding carboxylic acids is 1. The average Bonchev–Trinajstić information content (AvgIpc) is 2.50. The van der Waals surface area contributed by atoms with E-state index in [1.54, 1.807) is 7.05 Å². The lowest BCUT2D eigenvalue weighted by Crippen LogP contribution is -2.48. The highest BCUT2D eigenvalue weighted by molar-refractivity contribution is 5.81. The lowest BCUT2D eigenvalue weighted by Gasteiger charge is -2.28. The van der Waals surface area contributed by atoms with Crippen molar-refractivity contribution in [3.05, 3.63) is 0 Å². The molecule has 0 bridgehead atoms. The van der Waals surface area contributed by atoms with Crippen molar-refractivity contribution < 1.29 is 9.90 Å². The molecule has 100 valence electrons. The second-order valence-electron chi connectivity index (χ2n) is 5.66. The lowest BCUT2D eigenvalue weighted by atomic mass is 9.91. The Labute approximate surface area is 104 Å². The summed E-state index contributed by atoms with van der Waals surface area (Å²) >= 11 is 0. The zero-order chi connectivity index (χ0) is 12.9. The smallest absolute Gasteiger partial charge is 0.226 e. The first-order valence-electron chi connectivity index (χ1n) is 6.61. The standard InChI is InChI=1S/C13H26N2O2/c1-13(2,12(17)14-3)9-15-10-7-5-4-6-8-11(10)16/h10-11,15-16H,4-9H2,1-3H3,(H,14,17). The largest absolute Gasteiger partial charge is 0.392 e. The number of carbonyl (C=O) groups is 1. The number of hydrogen-bond acceptors (Lipinski definition) is 3. The molecule has 1 aliphatic rings. The monoisotopic (exact) mass is 242 g/mol. The van der Waals surface area contributed by atoms with E-state index in [0.29, 0.717) is 6.54 Å². The molecule has 4 nitrogen and oxygen atoms in total. The normalized spacial score (nSPS) is 26.4. The maximum absolute atomic E-state index is 11.6. The van der Waals surface area contributed by atoms with E-state index in [1.165, 1.54) is 6.42 Å². The zero-order valence-electron chi connectivity index (χ0n) is 11.3. The maximum atomic E-state index is 11.6. The first-order chi connectivity index (χ1) is 7.97. The van der Waals surface area contributed by atoms with Gasteiger partial charge in [-0.2, -0.15) is 0 Å². The predicted octanol–water partition coefficient (Wildman–Crippen LogP) is 1.04. The molecule has 0 aromatic heterocycles. The zero-order valence-corrected chi connectivity index (χ0v) is 11.3. The van der Waals surface area contributed by atoms with Gasteiger partial charge in [0.15, 0.2) is 0 Å². The summed E-state index contributed by atoms with van der Waals surface area (Å²) in [6.07, 6.45) is 5.09. The minimum atomic E-state index is -0.430. The van der Waals surface area contributed by atoms with Crippen molar-refractivity contribution in [3.63, 3.8) is 0 Å². The SMILES string of the molecule is CNC(=O)C(C)(C)CNC1CCCCCC1O. The molecule has 0 aromatic rings. The Balaban J connectivity index is 2.45. The van der Waals surface area contributed by atoms with Crippen molar-refractivity contribution in [1.82, 2.24) is 10.6 Å². The molecule has 3 N–H and O–H groups in total. The molecule has 0 spiro atoms. The molecule has 1 fully saturated rings. The first kappa shape index (κ1) is 14.5. The first-order valence-corrected chi connectivity index (χ1v) is 6.61. The van der Waals surface area contributed by atoms with Gasteiger partial charge < -0.3 is 15.7 Å². The summed E-state index contributed by atoms with van der Waals surface area (Å²) in [5.41, 5.74) is -0.430. The number of aliphatic hydroxyl groups excluding tert-OH is 1. The molecule has 0 saturated heterocycles. The molecule has 2 atom stereocenters. The number of nitrogens with one attached hydrogen (secondary N) is 2. The summed E-state index contributed by atoms with van der Waals surface area (Å²) in [5.74, 6) is 0.0353. The maximum Gasteiger partial charge on any atom is 0.226 e. The Bertz CT molecular complexity index is 254. The third kappa shape index (κ3) is 4.28. The van der Waals surface area contributed by atoms with Crippen molar-refractivity contribution >= 4 is 5.91 Å². The Hall–Kier alpha value is -0.610. The minimum absolute atomic E-state index is 0.0353. The van der Waals surface area contributed by atoms with Crippen LogP contribution < -0.4 is 10.6 Å². The molecule has 4 heteroatoms. The lowest BCUT2D eigenvalue weighted by molar-refractivity contribution is -0.128. The summed E-state index contributed by atoms with van der Waals surface area (Å²) in [7, 11) is 1.66. The topological polar surface area (TPSA) is 61.4 Å². The van der Waals surface area contributed by atoms with E-state index in [0.717, 1.165) is 25.7 Å². The predicted molar refractivity (Wildman–Crippen MR) is 68.7 cm³/mol. The van der Waals surface area contributed by atoms with E-state index >= 15 is 0 Å². The summed E-state index contributed by atoms with van der Waals surface area (Å²) in [6, 6.07) is 0.140. The van der Waals surface area contributed by atoms with Crippen LogP contribution in [0.2, 0.25) is 0 Å². The highest BCUT2D eigenvalue weighted by atomic mass is 16.3. The Morgan fingerprint density at radius 2 is 1.94 bits per heavy atom. The molecule has 1 saturated carbocycles. The average molecular weight is 242 g/mol. The van der Waals surface area contributed by atoms with Gasteiger partial charge >= 0.3 is 0 Å². The Morgan fingerprint density at radius 1 is 1.29 bits per heavy atom. The quantitative estimate of drug-likeness (QED) is 0.646. The van der Waals surface area contributed by atoms with Crippen LogP contribution in [0.3, 0.4) is 0 Å². The van der Waals surface area contributed by atoms with E-state index in [9.17, 15) is 9.90 Å². The van der Waals surface area contributed by atoms with Crippen LogP contribution >= 0.6 is 0 Å². The third-order valence-electron chi connectivity index (χ3n) is 3.63. The van der Waals surface area contributed by atoms with Crippen LogP contribution in [0.1, 0.15) is 46.0 Å². The van der Waals surface area contributed by atoms with Crippen LogP contribution in [0, 0.1) is 5.41 Å². The Kier molecular flexibility index (Phi) is 5.40. The molecule has 0 radical (unpaired) electrons. The van der Waals surface area contributed by atoms with Gasteiger partial charge in [0.05, 0.1) is 11.5 Å². The summed E-state index contributed by atoms with van der Waals surface area (Å²) in [6.45, 7) is 4.44. The number of hydrogen-bond donors (Lipinski definition) is 3. The van der Waals surface area contributed by atoms with Gasteiger partial charge in [-0.05, 0) is 26.7 Å². The van der Waals surface area contributed by atoms with Crippen molar-refractivity contribution in [1.29, 1.82) is 0 Å². The van der Waals surface area contributed by atoms with E-state index in [2.05, 4.69) is 10.6 Å². The van der Waals surface area contributed by atoms with E-state index in [1.807, 2.05) is 13.8 Å². The number of rotatable bonds is 4. The summed E-state index contributed by atoms with van der Waals surface area (Å²) in [4.78, 5) is 11.6. The van der Waals surface area contributed by atoms with Crippen molar-refractivity contribution in [2.75, 3.05) is 13.6 Å². The molecule has 1 aliphatic carbocycles. The van der Waals surface area contributed by atoms with E-state index in [4.69, 9.17) is 0 Å². The van der Waals surface area contributed by atoms with Gasteiger partial charge in [-0.15, -0.1) is 0 Å². The van der Waals surface area contributed by atoms with Gasteiger partial charge in [0.2, 0.25) is 5.91 Å². The highest BCUT2D eigenvalue weighted by Gasteiger charge is 2.29. The van der Waals surface area contributed by atoms with Crippen molar-refractivity contribution in [2.24, 2.45) is 5.41 Å². The van der Waals surface area contributed by atoms with Crippen LogP contribution in [-0.2, 0) is 4.79 Å². The van der Waals surface area contributed by atoms with Crippen molar-refractivity contribution in [2.45, 2.75) is 58.1 Å². The van der Waals surface area contributed by atoms with Crippen molar-refractivity contribution in [3.8, 4) is 0 Å². The van der Waals surface area contributed by atoms with Gasteiger partial charge in [-0.1, -0.05) is 19.3 Å². The second-order valence-corrected chi connectivity index (χ2v) is 5.66. The molecule has 17 heavy (non-hydrogen) atoms. The van der Waals surface area contributed by atoms with Crippen LogP contribution in [0.25, 0.3) is 0 Å². The molecule has 0 heterocycles. The third-order valence-corrected chi connectivity index (χ3v) is 3.63. The van der Waals surface area contributed by atoms with Crippen LogP contribution in [0.4, 0.5) is 0 Å². The second kappa shape index (κ2) is 6.36. The highest BCUT2D eigenvalue weighted by Crippen LogP contribution is 2.20. The fourth-order valence-electron chi connectivity index (χ4n) is 2.33. The van der Waals surface area contributed by atoms with Gasteiger partial charge in [0.1, 0.15) is 0 Å². The van der Waals surface area contributed by atoms with E-state index < -0.39 is 5.41 Å². The van der Waals surface area contributed by atoms with Crippen LogP contribution in [-0.4, -0.2) is 36.8 Å². The molecule has 1 amide bonds. The molecular formula is C13H26N2O2. The fraction of sp³-hybridized carbons (Fsp3) is 0.923. The molecule has 2 unspecified atom stereocenters. The van der Waals surface area contributed by atoms with E-state index in [-0.39, 0.29) is 18.1 Å². The molecule has 1 rings (SSSR count). The number of aliphatic hydroxyl groups is 1. The summed E-state index contributed by atoms with van der Waals surface area (Å²) < 4.78 is 0. The van der Waals surface area contributed by atoms with Gasteiger partial charge in [-0.3, -0.25) is 4.79 Å².